The monoisotopic (exact) mass is 692 g/mol. The Morgan fingerprint density at radius 2 is 0.705 bits per heavy atom. The standard InChI is InChI=1S/2C17H19NO.2C2H5.2Zn/c2*19-17(16-12-7-13-18-16,14-8-3-1-4-9-14)15-10-5-2-6-11-15;2*1-2;;/h2*1-6,8-11,16,18-19H,7,12-13H2;2*1H2,2H3;;/q;;2*-1;;/t2*16-;;;;/m00..../s1. The summed E-state index contributed by atoms with van der Waals surface area (Å²) in [4.78, 5) is 0. The van der Waals surface area contributed by atoms with E-state index in [1.165, 1.54) is 0 Å². The summed E-state index contributed by atoms with van der Waals surface area (Å²) in [6.07, 6.45) is 4.24. The molecule has 6 rings (SSSR count). The molecule has 2 aliphatic rings. The quantitative estimate of drug-likeness (QED) is 0.129. The Morgan fingerprint density at radius 1 is 0.477 bits per heavy atom. The van der Waals surface area contributed by atoms with Crippen molar-refractivity contribution in [2.75, 3.05) is 13.1 Å². The number of rotatable bonds is 6. The molecule has 4 nitrogen and oxygen atoms in total. The van der Waals surface area contributed by atoms with Gasteiger partial charge in [0.2, 0.25) is 0 Å². The molecule has 2 fully saturated rings. The minimum Gasteiger partial charge on any atom is -0.379 e. The molecule has 0 bridgehead atoms. The molecule has 6 heteroatoms. The number of aliphatic hydroxyl groups is 2. The molecule has 0 amide bonds. The van der Waals surface area contributed by atoms with E-state index < -0.39 is 11.2 Å². The summed E-state index contributed by atoms with van der Waals surface area (Å²) in [6, 6.07) is 40.0. The molecule has 228 valence electrons. The van der Waals surface area contributed by atoms with Crippen LogP contribution in [0, 0.1) is 13.8 Å². The fourth-order valence-electron chi connectivity index (χ4n) is 5.99. The van der Waals surface area contributed by atoms with Gasteiger partial charge in [-0.05, 0) is 61.0 Å². The first kappa shape index (κ1) is 40.0. The normalized spacial score (nSPS) is 17.1. The molecule has 4 N–H and O–H groups in total. The van der Waals surface area contributed by atoms with Crippen LogP contribution in [0.15, 0.2) is 121 Å². The molecule has 2 atom stereocenters. The molecular weight excluding hydrogens is 647 g/mol. The van der Waals surface area contributed by atoms with E-state index in [4.69, 9.17) is 0 Å². The van der Waals surface area contributed by atoms with Crippen LogP contribution in [0.2, 0.25) is 0 Å². The number of nitrogens with one attached hydrogen (secondary N) is 2. The van der Waals surface area contributed by atoms with Gasteiger partial charge < -0.3 is 34.7 Å². The predicted molar refractivity (Wildman–Crippen MR) is 176 cm³/mol. The zero-order valence-electron chi connectivity index (χ0n) is 26.7. The molecule has 2 heterocycles. The van der Waals surface area contributed by atoms with Crippen LogP contribution in [0.3, 0.4) is 0 Å². The molecule has 0 saturated carbocycles. The van der Waals surface area contributed by atoms with Crippen LogP contribution in [0.1, 0.15) is 61.8 Å². The fourth-order valence-corrected chi connectivity index (χ4v) is 5.99. The maximum atomic E-state index is 11.4. The van der Waals surface area contributed by atoms with Gasteiger partial charge in [0.1, 0.15) is 11.2 Å². The third-order valence-corrected chi connectivity index (χ3v) is 7.98. The van der Waals surface area contributed by atoms with Crippen molar-refractivity contribution in [3.8, 4) is 0 Å². The molecule has 2 aliphatic heterocycles. The second-order valence-corrected chi connectivity index (χ2v) is 10.3. The zero-order valence-corrected chi connectivity index (χ0v) is 32.6. The van der Waals surface area contributed by atoms with E-state index in [1.807, 2.05) is 121 Å². The van der Waals surface area contributed by atoms with Gasteiger partial charge in [-0.15, -0.1) is 0 Å². The molecular formula is C38H48N2O2Zn2-2. The predicted octanol–water partition coefficient (Wildman–Crippen LogP) is 7.02. The van der Waals surface area contributed by atoms with E-state index in [0.717, 1.165) is 61.0 Å². The van der Waals surface area contributed by atoms with Gasteiger partial charge in [0.25, 0.3) is 0 Å². The van der Waals surface area contributed by atoms with Crippen LogP contribution in [0.25, 0.3) is 0 Å². The van der Waals surface area contributed by atoms with Gasteiger partial charge in [-0.3, -0.25) is 0 Å². The van der Waals surface area contributed by atoms with Crippen LogP contribution in [0.5, 0.6) is 0 Å². The van der Waals surface area contributed by atoms with Gasteiger partial charge in [0, 0.05) is 51.0 Å². The van der Waals surface area contributed by atoms with E-state index >= 15 is 0 Å². The average molecular weight is 696 g/mol. The summed E-state index contributed by atoms with van der Waals surface area (Å²) >= 11 is 0. The Hall–Kier alpha value is -2.03. The van der Waals surface area contributed by atoms with E-state index in [9.17, 15) is 10.2 Å². The van der Waals surface area contributed by atoms with Crippen molar-refractivity contribution >= 4 is 0 Å². The van der Waals surface area contributed by atoms with Gasteiger partial charge in [0.15, 0.2) is 0 Å². The third kappa shape index (κ3) is 9.49. The van der Waals surface area contributed by atoms with Crippen molar-refractivity contribution in [1.82, 2.24) is 10.6 Å². The van der Waals surface area contributed by atoms with Gasteiger partial charge in [0.05, 0.1) is 0 Å². The zero-order chi connectivity index (χ0) is 30.3. The summed E-state index contributed by atoms with van der Waals surface area (Å²) in [5.41, 5.74) is 1.94. The molecule has 4 aromatic rings. The fraction of sp³-hybridized carbons (Fsp3) is 0.316. The summed E-state index contributed by atoms with van der Waals surface area (Å²) in [5, 5.41) is 29.7. The number of hydrogen-bond acceptors (Lipinski definition) is 4. The van der Waals surface area contributed by atoms with Crippen molar-refractivity contribution in [3.05, 3.63) is 157 Å². The van der Waals surface area contributed by atoms with Crippen LogP contribution in [-0.4, -0.2) is 35.4 Å². The van der Waals surface area contributed by atoms with E-state index in [2.05, 4.69) is 24.5 Å². The number of hydrogen-bond donors (Lipinski definition) is 4. The summed E-state index contributed by atoms with van der Waals surface area (Å²) < 4.78 is 0. The van der Waals surface area contributed by atoms with Gasteiger partial charge in [-0.1, -0.05) is 121 Å². The van der Waals surface area contributed by atoms with E-state index in [-0.39, 0.29) is 51.0 Å². The molecule has 0 aromatic heterocycles. The third-order valence-electron chi connectivity index (χ3n) is 7.98. The van der Waals surface area contributed by atoms with Gasteiger partial charge in [-0.25, -0.2) is 0 Å². The minimum atomic E-state index is -0.945. The molecule has 2 saturated heterocycles. The maximum absolute atomic E-state index is 11.4. The SMILES string of the molecule is OC(c1ccccc1)(c1ccccc1)[C@@H]1CCCN1.OC(c1ccccc1)(c1ccccc1)[C@@H]1CCCN1.[CH2-]C.[CH2-]C.[Zn].[Zn]. The number of benzene rings is 4. The van der Waals surface area contributed by atoms with Crippen molar-refractivity contribution < 1.29 is 49.2 Å². The Morgan fingerprint density at radius 3 is 0.886 bits per heavy atom. The van der Waals surface area contributed by atoms with Crippen LogP contribution in [-0.2, 0) is 50.2 Å². The molecule has 4 aromatic carbocycles. The Balaban J connectivity index is 0.000000380. The average Bonchev–Trinajstić information content (AvgIpc) is 3.84. The maximum Gasteiger partial charge on any atom is 0.130 e. The first-order valence-corrected chi connectivity index (χ1v) is 15.2. The van der Waals surface area contributed by atoms with E-state index in [0.29, 0.717) is 0 Å². The largest absolute Gasteiger partial charge is 0.379 e. The van der Waals surface area contributed by atoms with Gasteiger partial charge >= 0.3 is 0 Å². The Labute approximate surface area is 291 Å². The summed E-state index contributed by atoms with van der Waals surface area (Å²) in [7, 11) is 0. The smallest absolute Gasteiger partial charge is 0.130 e. The van der Waals surface area contributed by atoms with Crippen molar-refractivity contribution in [1.29, 1.82) is 0 Å². The summed E-state index contributed by atoms with van der Waals surface area (Å²) in [6.45, 7) is 12.0. The van der Waals surface area contributed by atoms with Gasteiger partial charge in [-0.2, -0.15) is 13.8 Å². The topological polar surface area (TPSA) is 64.5 Å². The second-order valence-electron chi connectivity index (χ2n) is 10.3. The van der Waals surface area contributed by atoms with Crippen molar-refractivity contribution in [2.45, 2.75) is 62.8 Å². The van der Waals surface area contributed by atoms with E-state index in [1.54, 1.807) is 13.8 Å². The molecule has 0 aliphatic carbocycles. The summed E-state index contributed by atoms with van der Waals surface area (Å²) in [5.74, 6) is 0. The minimum absolute atomic E-state index is 0. The first-order chi connectivity index (χ1) is 20.6. The van der Waals surface area contributed by atoms with Crippen molar-refractivity contribution in [3.63, 3.8) is 0 Å². The molecule has 44 heavy (non-hydrogen) atoms. The second kappa shape index (κ2) is 20.9. The van der Waals surface area contributed by atoms with Crippen molar-refractivity contribution in [2.24, 2.45) is 0 Å². The van der Waals surface area contributed by atoms with Crippen LogP contribution < -0.4 is 10.6 Å². The molecule has 0 unspecified atom stereocenters. The molecule has 0 spiro atoms. The van der Waals surface area contributed by atoms with Crippen LogP contribution >= 0.6 is 0 Å². The Kier molecular flexibility index (Phi) is 19.0. The molecule has 0 radical (unpaired) electrons. The van der Waals surface area contributed by atoms with Crippen LogP contribution in [0.4, 0.5) is 0 Å². The Bertz CT molecular complexity index is 1070. The first-order valence-electron chi connectivity index (χ1n) is 15.2.